The van der Waals surface area contributed by atoms with E-state index in [9.17, 15) is 4.79 Å². The van der Waals surface area contributed by atoms with E-state index in [0.717, 1.165) is 21.5 Å². The maximum Gasteiger partial charge on any atom is 0.255 e. The zero-order valence-corrected chi connectivity index (χ0v) is 14.6. The number of nitrogens with one attached hydrogen (secondary N) is 1. The third-order valence-corrected chi connectivity index (χ3v) is 3.63. The lowest BCUT2D eigenvalue weighted by molar-refractivity contribution is 0.102. The first-order valence-corrected chi connectivity index (χ1v) is 8.05. The Morgan fingerprint density at radius 3 is 2.45 bits per heavy atom. The van der Waals surface area contributed by atoms with E-state index in [-0.39, 0.29) is 5.91 Å². The number of halogens is 1. The monoisotopic (exact) mass is 361 g/mol. The van der Waals surface area contributed by atoms with Crippen LogP contribution in [0.15, 0.2) is 46.9 Å². The molecule has 22 heavy (non-hydrogen) atoms. The number of ether oxygens (including phenoxy) is 1. The number of hydrogen-bond acceptors (Lipinski definition) is 2. The molecule has 0 spiro atoms. The van der Waals surface area contributed by atoms with E-state index in [4.69, 9.17) is 4.74 Å². The highest BCUT2D eigenvalue weighted by Crippen LogP contribution is 2.21. The predicted octanol–water partition coefficient (Wildman–Crippen LogP) is 5.04. The molecule has 0 aromatic heterocycles. The highest BCUT2D eigenvalue weighted by molar-refractivity contribution is 9.10. The van der Waals surface area contributed by atoms with Crippen LogP contribution in [0.3, 0.4) is 0 Å². The average molecular weight is 362 g/mol. The first-order chi connectivity index (χ1) is 10.5. The highest BCUT2D eigenvalue weighted by atomic mass is 79.9. The highest BCUT2D eigenvalue weighted by Gasteiger charge is 2.08. The second kappa shape index (κ2) is 7.45. The second-order valence-corrected chi connectivity index (χ2v) is 6.56. The Labute approximate surface area is 139 Å². The number of aryl methyl sites for hydroxylation is 1. The number of carbonyl (C=O) groups excluding carboxylic acids is 1. The molecule has 2 aromatic rings. The fourth-order valence-electron chi connectivity index (χ4n) is 1.93. The van der Waals surface area contributed by atoms with Crippen LogP contribution in [-0.2, 0) is 0 Å². The number of hydrogen-bond donors (Lipinski definition) is 1. The van der Waals surface area contributed by atoms with Crippen LogP contribution < -0.4 is 10.1 Å². The van der Waals surface area contributed by atoms with Crippen LogP contribution in [0.5, 0.6) is 5.75 Å². The van der Waals surface area contributed by atoms with Crippen LogP contribution in [0.4, 0.5) is 5.69 Å². The Kier molecular flexibility index (Phi) is 5.61. The molecule has 0 unspecified atom stereocenters. The van der Waals surface area contributed by atoms with Crippen LogP contribution in [0, 0.1) is 12.8 Å². The molecule has 0 aliphatic rings. The molecule has 0 saturated heterocycles. The van der Waals surface area contributed by atoms with Gasteiger partial charge in [-0.05, 0) is 60.9 Å². The van der Waals surface area contributed by atoms with E-state index in [0.29, 0.717) is 18.1 Å². The largest absolute Gasteiger partial charge is 0.493 e. The summed E-state index contributed by atoms with van der Waals surface area (Å²) in [5.74, 6) is 1.13. The Balaban J connectivity index is 2.03. The normalized spacial score (nSPS) is 10.6. The lowest BCUT2D eigenvalue weighted by Crippen LogP contribution is -2.12. The van der Waals surface area contributed by atoms with Crippen LogP contribution >= 0.6 is 15.9 Å². The van der Waals surface area contributed by atoms with Gasteiger partial charge in [0.2, 0.25) is 0 Å². The smallest absolute Gasteiger partial charge is 0.255 e. The van der Waals surface area contributed by atoms with Crippen molar-refractivity contribution in [1.29, 1.82) is 0 Å². The van der Waals surface area contributed by atoms with Crippen LogP contribution in [0.2, 0.25) is 0 Å². The summed E-state index contributed by atoms with van der Waals surface area (Å²) in [5, 5.41) is 2.92. The fraction of sp³-hybridized carbons (Fsp3) is 0.278. The second-order valence-electron chi connectivity index (χ2n) is 5.64. The third kappa shape index (κ3) is 4.60. The first-order valence-electron chi connectivity index (χ1n) is 7.26. The molecule has 4 heteroatoms. The molecule has 3 nitrogen and oxygen atoms in total. The maximum atomic E-state index is 12.3. The molecule has 0 radical (unpaired) electrons. The van der Waals surface area contributed by atoms with Crippen molar-refractivity contribution >= 4 is 27.5 Å². The molecule has 2 rings (SSSR count). The van der Waals surface area contributed by atoms with E-state index in [1.165, 1.54) is 0 Å². The Morgan fingerprint density at radius 1 is 1.18 bits per heavy atom. The fourth-order valence-corrected chi connectivity index (χ4v) is 2.40. The zero-order chi connectivity index (χ0) is 16.1. The van der Waals surface area contributed by atoms with Crippen molar-refractivity contribution < 1.29 is 9.53 Å². The average Bonchev–Trinajstić information content (AvgIpc) is 2.48. The van der Waals surface area contributed by atoms with Crippen molar-refractivity contribution in [1.82, 2.24) is 0 Å². The molecule has 2 aromatic carbocycles. The number of amides is 1. The molecule has 0 aliphatic heterocycles. The van der Waals surface area contributed by atoms with Crippen LogP contribution in [-0.4, -0.2) is 12.5 Å². The van der Waals surface area contributed by atoms with Gasteiger partial charge < -0.3 is 10.1 Å². The summed E-state index contributed by atoms with van der Waals surface area (Å²) in [6, 6.07) is 13.0. The molecule has 1 amide bonds. The van der Waals surface area contributed by atoms with Crippen molar-refractivity contribution in [2.24, 2.45) is 5.92 Å². The number of carbonyl (C=O) groups is 1. The number of benzene rings is 2. The van der Waals surface area contributed by atoms with E-state index in [1.54, 1.807) is 12.1 Å². The van der Waals surface area contributed by atoms with Gasteiger partial charge in [-0.3, -0.25) is 4.79 Å². The van der Waals surface area contributed by atoms with Crippen molar-refractivity contribution in [3.63, 3.8) is 0 Å². The predicted molar refractivity (Wildman–Crippen MR) is 93.6 cm³/mol. The molecular weight excluding hydrogens is 342 g/mol. The molecule has 0 saturated carbocycles. The van der Waals surface area contributed by atoms with E-state index in [1.807, 2.05) is 37.3 Å². The summed E-state index contributed by atoms with van der Waals surface area (Å²) in [6.45, 7) is 6.83. The first kappa shape index (κ1) is 16.6. The van der Waals surface area contributed by atoms with Gasteiger partial charge >= 0.3 is 0 Å². The number of anilines is 1. The van der Waals surface area contributed by atoms with Gasteiger partial charge in [-0.25, -0.2) is 0 Å². The van der Waals surface area contributed by atoms with Gasteiger partial charge in [-0.1, -0.05) is 29.8 Å². The topological polar surface area (TPSA) is 38.3 Å². The molecule has 0 bridgehead atoms. The third-order valence-electron chi connectivity index (χ3n) is 3.14. The van der Waals surface area contributed by atoms with Crippen LogP contribution in [0.1, 0.15) is 29.8 Å². The summed E-state index contributed by atoms with van der Waals surface area (Å²) in [4.78, 5) is 12.3. The zero-order valence-electron chi connectivity index (χ0n) is 13.0. The van der Waals surface area contributed by atoms with Gasteiger partial charge in [0.1, 0.15) is 5.75 Å². The summed E-state index contributed by atoms with van der Waals surface area (Å²) in [6.07, 6.45) is 0. The molecule has 1 N–H and O–H groups in total. The molecule has 0 fully saturated rings. The summed E-state index contributed by atoms with van der Waals surface area (Å²) >= 11 is 3.41. The Hall–Kier alpha value is -1.81. The number of rotatable bonds is 5. The van der Waals surface area contributed by atoms with Crippen molar-refractivity contribution in [3.05, 3.63) is 58.1 Å². The van der Waals surface area contributed by atoms with Gasteiger partial charge in [0.05, 0.1) is 6.61 Å². The van der Waals surface area contributed by atoms with Crippen molar-refractivity contribution in [2.75, 3.05) is 11.9 Å². The van der Waals surface area contributed by atoms with Crippen molar-refractivity contribution in [2.45, 2.75) is 20.8 Å². The van der Waals surface area contributed by atoms with E-state index in [2.05, 4.69) is 35.1 Å². The van der Waals surface area contributed by atoms with Gasteiger partial charge in [0.25, 0.3) is 5.91 Å². The molecular formula is C18H20BrNO2. The van der Waals surface area contributed by atoms with E-state index >= 15 is 0 Å². The standard InChI is InChI=1S/C18H20BrNO2/c1-12(2)11-22-16-7-4-14(5-8-16)18(21)20-17-9-6-15(19)10-13(17)3/h4-10,12H,11H2,1-3H3,(H,20,21). The molecule has 0 aliphatic carbocycles. The molecule has 116 valence electrons. The van der Waals surface area contributed by atoms with Gasteiger partial charge in [-0.2, -0.15) is 0 Å². The van der Waals surface area contributed by atoms with Crippen molar-refractivity contribution in [3.8, 4) is 5.75 Å². The van der Waals surface area contributed by atoms with Gasteiger partial charge in [-0.15, -0.1) is 0 Å². The lowest BCUT2D eigenvalue weighted by atomic mass is 10.1. The Bertz CT molecular complexity index is 651. The Morgan fingerprint density at radius 2 is 1.86 bits per heavy atom. The van der Waals surface area contributed by atoms with E-state index < -0.39 is 0 Å². The minimum Gasteiger partial charge on any atom is -0.493 e. The van der Waals surface area contributed by atoms with Gasteiger partial charge in [0.15, 0.2) is 0 Å². The molecule has 0 heterocycles. The minimum absolute atomic E-state index is 0.124. The maximum absolute atomic E-state index is 12.3. The summed E-state index contributed by atoms with van der Waals surface area (Å²) < 4.78 is 6.61. The minimum atomic E-state index is -0.124. The summed E-state index contributed by atoms with van der Waals surface area (Å²) in [5.41, 5.74) is 2.44. The lowest BCUT2D eigenvalue weighted by Gasteiger charge is -2.10. The summed E-state index contributed by atoms with van der Waals surface area (Å²) in [7, 11) is 0. The SMILES string of the molecule is Cc1cc(Br)ccc1NC(=O)c1ccc(OCC(C)C)cc1. The van der Waals surface area contributed by atoms with Crippen LogP contribution in [0.25, 0.3) is 0 Å². The molecule has 0 atom stereocenters. The van der Waals surface area contributed by atoms with Gasteiger partial charge in [0, 0.05) is 15.7 Å². The quantitative estimate of drug-likeness (QED) is 0.809.